The van der Waals surface area contributed by atoms with E-state index in [0.29, 0.717) is 12.5 Å². The summed E-state index contributed by atoms with van der Waals surface area (Å²) in [5, 5.41) is 0. The molecule has 7 heteroatoms. The number of methoxy groups -OCH3 is 2. The molecule has 0 saturated carbocycles. The minimum absolute atomic E-state index is 0.0316. The lowest BCUT2D eigenvalue weighted by atomic mass is 9.96. The quantitative estimate of drug-likeness (QED) is 0.513. The van der Waals surface area contributed by atoms with Gasteiger partial charge in [-0.05, 0) is 45.5 Å². The van der Waals surface area contributed by atoms with Gasteiger partial charge in [-0.25, -0.2) is 0 Å². The zero-order chi connectivity index (χ0) is 21.9. The van der Waals surface area contributed by atoms with Crippen LogP contribution in [0.1, 0.15) is 31.2 Å². The standard InChI is InChI=1S/C23H37N3O4/c1-24(2)14-15-26(22(27)11-12-23(28)30-4)17-19-8-7-13-25(16-19)18-20-9-5-6-10-21(20)29-3/h5-6,9-10,19H,7-8,11-18H2,1-4H3. The molecule has 1 heterocycles. The van der Waals surface area contributed by atoms with Crippen LogP contribution in [0.4, 0.5) is 0 Å². The van der Waals surface area contributed by atoms with E-state index >= 15 is 0 Å². The fraction of sp³-hybridized carbons (Fsp3) is 0.652. The molecule has 0 radical (unpaired) electrons. The molecule has 0 N–H and O–H groups in total. The van der Waals surface area contributed by atoms with Crippen LogP contribution in [0.2, 0.25) is 0 Å². The van der Waals surface area contributed by atoms with Crippen molar-refractivity contribution in [2.24, 2.45) is 5.92 Å². The van der Waals surface area contributed by atoms with Crippen molar-refractivity contribution in [2.45, 2.75) is 32.2 Å². The maximum absolute atomic E-state index is 12.8. The molecular weight excluding hydrogens is 382 g/mol. The third-order valence-corrected chi connectivity index (χ3v) is 5.61. The monoisotopic (exact) mass is 419 g/mol. The number of piperidine rings is 1. The van der Waals surface area contributed by atoms with Gasteiger partial charge in [-0.3, -0.25) is 14.5 Å². The Morgan fingerprint density at radius 1 is 1.13 bits per heavy atom. The van der Waals surface area contributed by atoms with E-state index in [1.54, 1.807) is 7.11 Å². The van der Waals surface area contributed by atoms with Crippen molar-refractivity contribution in [1.82, 2.24) is 14.7 Å². The van der Waals surface area contributed by atoms with Crippen LogP contribution in [0.15, 0.2) is 24.3 Å². The van der Waals surface area contributed by atoms with Crippen LogP contribution in [0.5, 0.6) is 5.75 Å². The molecule has 1 atom stereocenters. The van der Waals surface area contributed by atoms with Gasteiger partial charge in [-0.1, -0.05) is 18.2 Å². The van der Waals surface area contributed by atoms with E-state index in [2.05, 4.69) is 20.6 Å². The number of esters is 1. The number of amides is 1. The Balaban J connectivity index is 1.96. The summed E-state index contributed by atoms with van der Waals surface area (Å²) < 4.78 is 10.2. The molecule has 7 nitrogen and oxygen atoms in total. The van der Waals surface area contributed by atoms with Gasteiger partial charge in [0.15, 0.2) is 0 Å². The summed E-state index contributed by atoms with van der Waals surface area (Å²) in [6, 6.07) is 8.15. The number of carbonyl (C=O) groups is 2. The lowest BCUT2D eigenvalue weighted by Gasteiger charge is -2.36. The average Bonchev–Trinajstić information content (AvgIpc) is 2.75. The van der Waals surface area contributed by atoms with E-state index in [1.807, 2.05) is 37.2 Å². The van der Waals surface area contributed by atoms with Gasteiger partial charge in [0.05, 0.1) is 20.6 Å². The summed E-state index contributed by atoms with van der Waals surface area (Å²) in [6.45, 7) is 5.09. The van der Waals surface area contributed by atoms with Gasteiger partial charge in [0.1, 0.15) is 5.75 Å². The molecule has 1 aliphatic heterocycles. The number of hydrogen-bond donors (Lipinski definition) is 0. The summed E-state index contributed by atoms with van der Waals surface area (Å²) in [7, 11) is 7.08. The molecule has 2 rings (SSSR count). The van der Waals surface area contributed by atoms with Crippen molar-refractivity contribution in [1.29, 1.82) is 0 Å². The first-order valence-corrected chi connectivity index (χ1v) is 10.8. The van der Waals surface area contributed by atoms with E-state index in [9.17, 15) is 9.59 Å². The summed E-state index contributed by atoms with van der Waals surface area (Å²) in [5.41, 5.74) is 1.19. The van der Waals surface area contributed by atoms with E-state index in [0.717, 1.165) is 51.3 Å². The second-order valence-electron chi connectivity index (χ2n) is 8.27. The molecular formula is C23H37N3O4. The Morgan fingerprint density at radius 3 is 2.60 bits per heavy atom. The van der Waals surface area contributed by atoms with Crippen molar-refractivity contribution in [3.8, 4) is 5.75 Å². The van der Waals surface area contributed by atoms with Crippen LogP contribution < -0.4 is 4.74 Å². The molecule has 30 heavy (non-hydrogen) atoms. The lowest BCUT2D eigenvalue weighted by Crippen LogP contribution is -2.44. The zero-order valence-corrected chi connectivity index (χ0v) is 18.9. The van der Waals surface area contributed by atoms with Crippen molar-refractivity contribution in [3.63, 3.8) is 0 Å². The Morgan fingerprint density at radius 2 is 1.90 bits per heavy atom. The second-order valence-corrected chi connectivity index (χ2v) is 8.27. The van der Waals surface area contributed by atoms with E-state index in [4.69, 9.17) is 4.74 Å². The van der Waals surface area contributed by atoms with Crippen LogP contribution in [-0.2, 0) is 20.9 Å². The smallest absolute Gasteiger partial charge is 0.306 e. The molecule has 0 bridgehead atoms. The summed E-state index contributed by atoms with van der Waals surface area (Å²) in [5.74, 6) is 1.04. The lowest BCUT2D eigenvalue weighted by molar-refractivity contribution is -0.143. The SMILES string of the molecule is COC(=O)CCC(=O)N(CCN(C)C)CC1CCCN(Cc2ccccc2OC)C1. The topological polar surface area (TPSA) is 62.3 Å². The van der Waals surface area contributed by atoms with Gasteiger partial charge in [0, 0.05) is 44.7 Å². The van der Waals surface area contributed by atoms with Crippen molar-refractivity contribution in [2.75, 3.05) is 61.0 Å². The molecule has 1 fully saturated rings. The fourth-order valence-corrected chi connectivity index (χ4v) is 3.94. The largest absolute Gasteiger partial charge is 0.496 e. The number of hydrogen-bond acceptors (Lipinski definition) is 6. The molecule has 0 aliphatic carbocycles. The van der Waals surface area contributed by atoms with E-state index in [-0.39, 0.29) is 24.7 Å². The Bertz CT molecular complexity index is 680. The summed E-state index contributed by atoms with van der Waals surface area (Å²) >= 11 is 0. The van der Waals surface area contributed by atoms with Gasteiger partial charge in [-0.15, -0.1) is 0 Å². The van der Waals surface area contributed by atoms with E-state index in [1.165, 1.54) is 12.7 Å². The number of likely N-dealkylation sites (tertiary alicyclic amines) is 1. The number of para-hydroxylation sites is 1. The number of benzene rings is 1. The van der Waals surface area contributed by atoms with Crippen LogP contribution in [0.3, 0.4) is 0 Å². The van der Waals surface area contributed by atoms with Crippen LogP contribution >= 0.6 is 0 Å². The number of ether oxygens (including phenoxy) is 2. The number of nitrogens with zero attached hydrogens (tertiary/aromatic N) is 3. The third kappa shape index (κ3) is 7.95. The Labute approximate surface area is 180 Å². The Hall–Kier alpha value is -2.12. The maximum Gasteiger partial charge on any atom is 0.306 e. The highest BCUT2D eigenvalue weighted by Crippen LogP contribution is 2.24. The molecule has 1 aromatic carbocycles. The van der Waals surface area contributed by atoms with Gasteiger partial charge in [-0.2, -0.15) is 0 Å². The van der Waals surface area contributed by atoms with Gasteiger partial charge in [0.2, 0.25) is 5.91 Å². The first-order valence-electron chi connectivity index (χ1n) is 10.8. The normalized spacial score (nSPS) is 17.0. The zero-order valence-electron chi connectivity index (χ0n) is 18.9. The highest BCUT2D eigenvalue weighted by molar-refractivity contribution is 5.81. The Kier molecular flexibility index (Phi) is 10.1. The van der Waals surface area contributed by atoms with Crippen molar-refractivity contribution in [3.05, 3.63) is 29.8 Å². The first kappa shape index (κ1) is 24.2. The van der Waals surface area contributed by atoms with Crippen molar-refractivity contribution >= 4 is 11.9 Å². The number of likely N-dealkylation sites (N-methyl/N-ethyl adjacent to an activating group) is 1. The predicted molar refractivity (Wildman–Crippen MR) is 117 cm³/mol. The highest BCUT2D eigenvalue weighted by atomic mass is 16.5. The molecule has 1 amide bonds. The van der Waals surface area contributed by atoms with Crippen molar-refractivity contribution < 1.29 is 19.1 Å². The highest BCUT2D eigenvalue weighted by Gasteiger charge is 2.25. The molecule has 1 aromatic rings. The van der Waals surface area contributed by atoms with Gasteiger partial charge in [0.25, 0.3) is 0 Å². The molecule has 1 unspecified atom stereocenters. The number of rotatable bonds is 11. The minimum atomic E-state index is -0.337. The minimum Gasteiger partial charge on any atom is -0.496 e. The van der Waals surface area contributed by atoms with Crippen LogP contribution in [-0.4, -0.2) is 87.6 Å². The maximum atomic E-state index is 12.8. The van der Waals surface area contributed by atoms with Crippen LogP contribution in [0.25, 0.3) is 0 Å². The van der Waals surface area contributed by atoms with Crippen LogP contribution in [0, 0.1) is 5.92 Å². The fourth-order valence-electron chi connectivity index (χ4n) is 3.94. The van der Waals surface area contributed by atoms with Gasteiger partial charge >= 0.3 is 5.97 Å². The predicted octanol–water partition coefficient (Wildman–Crippen LogP) is 2.25. The first-order chi connectivity index (χ1) is 14.4. The third-order valence-electron chi connectivity index (χ3n) is 5.61. The number of carbonyl (C=O) groups excluding carboxylic acids is 2. The van der Waals surface area contributed by atoms with Gasteiger partial charge < -0.3 is 19.3 Å². The molecule has 0 aromatic heterocycles. The molecule has 168 valence electrons. The average molecular weight is 420 g/mol. The summed E-state index contributed by atoms with van der Waals surface area (Å²) in [4.78, 5) is 30.7. The molecule has 1 saturated heterocycles. The summed E-state index contributed by atoms with van der Waals surface area (Å²) in [6.07, 6.45) is 2.58. The molecule has 0 spiro atoms. The second kappa shape index (κ2) is 12.5. The molecule has 1 aliphatic rings. The van der Waals surface area contributed by atoms with E-state index < -0.39 is 0 Å².